The van der Waals surface area contributed by atoms with Gasteiger partial charge >= 0.3 is 5.97 Å². The number of likely N-dealkylation sites (tertiary alicyclic amines) is 1. The van der Waals surface area contributed by atoms with Crippen molar-refractivity contribution in [3.05, 3.63) is 0 Å². The first-order valence-electron chi connectivity index (χ1n) is 11.5. The van der Waals surface area contributed by atoms with Gasteiger partial charge in [0.1, 0.15) is 6.10 Å². The Hall–Kier alpha value is -1.06. The van der Waals surface area contributed by atoms with E-state index >= 15 is 0 Å². The average Bonchev–Trinajstić information content (AvgIpc) is 2.88. The van der Waals surface area contributed by atoms with E-state index in [4.69, 9.17) is 4.74 Å². The van der Waals surface area contributed by atoms with Gasteiger partial charge in [-0.1, -0.05) is 20.8 Å². The quantitative estimate of drug-likeness (QED) is 0.645. The van der Waals surface area contributed by atoms with E-state index in [9.17, 15) is 9.59 Å². The summed E-state index contributed by atoms with van der Waals surface area (Å²) in [5.41, 5.74) is 0.546. The molecule has 1 unspecified atom stereocenters. The van der Waals surface area contributed by atoms with Gasteiger partial charge in [-0.3, -0.25) is 9.59 Å². The Morgan fingerprint density at radius 1 is 1.14 bits per heavy atom. The third kappa shape index (κ3) is 2.76. The van der Waals surface area contributed by atoms with Crippen molar-refractivity contribution >= 4 is 11.9 Å². The zero-order chi connectivity index (χ0) is 20.4. The second-order valence-electron chi connectivity index (χ2n) is 11.1. The molecule has 0 aromatic heterocycles. The second kappa shape index (κ2) is 6.74. The first-order chi connectivity index (χ1) is 13.1. The Morgan fingerprint density at radius 3 is 2.54 bits per heavy atom. The first-order valence-corrected chi connectivity index (χ1v) is 11.5. The van der Waals surface area contributed by atoms with Crippen LogP contribution in [0.2, 0.25) is 0 Å². The van der Waals surface area contributed by atoms with E-state index in [0.29, 0.717) is 23.8 Å². The van der Waals surface area contributed by atoms with Crippen molar-refractivity contribution in [2.75, 3.05) is 7.05 Å². The number of hydrogen-bond acceptors (Lipinski definition) is 3. The maximum Gasteiger partial charge on any atom is 0.302 e. The number of piperidine rings is 1. The summed E-state index contributed by atoms with van der Waals surface area (Å²) in [4.78, 5) is 26.0. The molecule has 1 heterocycles. The van der Waals surface area contributed by atoms with Crippen LogP contribution in [0.1, 0.15) is 79.6 Å². The van der Waals surface area contributed by atoms with Gasteiger partial charge < -0.3 is 9.64 Å². The normalized spacial score (nSPS) is 49.1. The third-order valence-electron chi connectivity index (χ3n) is 9.85. The summed E-state index contributed by atoms with van der Waals surface area (Å²) in [6, 6.07) is 0.425. The largest absolute Gasteiger partial charge is 0.463 e. The van der Waals surface area contributed by atoms with Crippen LogP contribution in [0.4, 0.5) is 0 Å². The Bertz CT molecular complexity index is 662. The molecule has 1 aliphatic heterocycles. The van der Waals surface area contributed by atoms with Crippen LogP contribution in [-0.2, 0) is 14.3 Å². The van der Waals surface area contributed by atoms with Crippen LogP contribution in [0.5, 0.6) is 0 Å². The predicted octanol–water partition coefficient (Wildman–Crippen LogP) is 4.66. The lowest BCUT2D eigenvalue weighted by atomic mass is 9.46. The van der Waals surface area contributed by atoms with Crippen molar-refractivity contribution in [3.63, 3.8) is 0 Å². The monoisotopic (exact) mass is 389 g/mol. The summed E-state index contributed by atoms with van der Waals surface area (Å²) in [5.74, 6) is 3.47. The van der Waals surface area contributed by atoms with E-state index in [1.54, 1.807) is 0 Å². The van der Waals surface area contributed by atoms with Gasteiger partial charge in [-0.25, -0.2) is 0 Å². The SMILES string of the molecule is CC(=O)OC(C)[C@H]1[C@@H](C)C[C@H]2[C@@H]3CC[C@H]4N(C)C(=O)CC[C@]4(C)[C@H]3CC[C@@]21C. The molecule has 0 spiro atoms. The molecule has 9 atom stereocenters. The second-order valence-corrected chi connectivity index (χ2v) is 11.1. The van der Waals surface area contributed by atoms with Crippen molar-refractivity contribution in [3.8, 4) is 0 Å². The van der Waals surface area contributed by atoms with Crippen LogP contribution in [0.15, 0.2) is 0 Å². The highest BCUT2D eigenvalue weighted by molar-refractivity contribution is 5.77. The number of rotatable bonds is 2. The fourth-order valence-electron chi connectivity index (χ4n) is 8.89. The van der Waals surface area contributed by atoms with Gasteiger partial charge in [0.05, 0.1) is 0 Å². The maximum absolute atomic E-state index is 12.3. The summed E-state index contributed by atoms with van der Waals surface area (Å²) in [6.07, 6.45) is 7.97. The molecular weight excluding hydrogens is 350 g/mol. The van der Waals surface area contributed by atoms with E-state index in [1.165, 1.54) is 32.6 Å². The number of amides is 1. The number of nitrogens with zero attached hydrogens (tertiary/aromatic N) is 1. The highest BCUT2D eigenvalue weighted by Gasteiger charge is 2.63. The van der Waals surface area contributed by atoms with E-state index in [0.717, 1.165) is 37.0 Å². The van der Waals surface area contributed by atoms with Gasteiger partial charge in [-0.05, 0) is 80.0 Å². The molecule has 4 nitrogen and oxygen atoms in total. The molecule has 0 aromatic carbocycles. The molecule has 3 aliphatic carbocycles. The fourth-order valence-corrected chi connectivity index (χ4v) is 8.89. The predicted molar refractivity (Wildman–Crippen MR) is 109 cm³/mol. The van der Waals surface area contributed by atoms with Crippen LogP contribution in [-0.4, -0.2) is 36.0 Å². The van der Waals surface area contributed by atoms with Crippen molar-refractivity contribution in [1.29, 1.82) is 0 Å². The first kappa shape index (κ1) is 20.2. The molecular formula is C24H39NO3. The third-order valence-corrected chi connectivity index (χ3v) is 9.85. The number of hydrogen-bond donors (Lipinski definition) is 0. The molecule has 1 amide bonds. The Morgan fingerprint density at radius 2 is 1.86 bits per heavy atom. The number of esters is 1. The van der Waals surface area contributed by atoms with Crippen LogP contribution in [0, 0.1) is 40.4 Å². The zero-order valence-electron chi connectivity index (χ0n) is 18.7. The molecule has 28 heavy (non-hydrogen) atoms. The lowest BCUT2D eigenvalue weighted by Gasteiger charge is -2.62. The highest BCUT2D eigenvalue weighted by atomic mass is 16.5. The summed E-state index contributed by atoms with van der Waals surface area (Å²) in [7, 11) is 2.03. The van der Waals surface area contributed by atoms with E-state index in [-0.39, 0.29) is 22.9 Å². The van der Waals surface area contributed by atoms with Gasteiger partial charge in [-0.2, -0.15) is 0 Å². The lowest BCUT2D eigenvalue weighted by molar-refractivity contribution is -0.164. The van der Waals surface area contributed by atoms with Gasteiger partial charge in [0, 0.05) is 32.4 Å². The van der Waals surface area contributed by atoms with E-state index in [2.05, 4.69) is 32.6 Å². The molecule has 4 rings (SSSR count). The van der Waals surface area contributed by atoms with Gasteiger partial charge in [0.2, 0.25) is 5.91 Å². The molecule has 4 fully saturated rings. The summed E-state index contributed by atoms with van der Waals surface area (Å²) < 4.78 is 5.70. The van der Waals surface area contributed by atoms with E-state index < -0.39 is 0 Å². The number of ether oxygens (including phenoxy) is 1. The molecule has 1 saturated heterocycles. The van der Waals surface area contributed by atoms with Crippen molar-refractivity contribution in [2.45, 2.75) is 91.7 Å². The number of fused-ring (bicyclic) bond motifs is 5. The van der Waals surface area contributed by atoms with Crippen molar-refractivity contribution in [2.24, 2.45) is 40.4 Å². The van der Waals surface area contributed by atoms with Crippen molar-refractivity contribution in [1.82, 2.24) is 4.90 Å². The van der Waals surface area contributed by atoms with Gasteiger partial charge in [-0.15, -0.1) is 0 Å². The molecule has 0 bridgehead atoms. The van der Waals surface area contributed by atoms with Crippen molar-refractivity contribution < 1.29 is 14.3 Å². The number of carbonyl (C=O) groups excluding carboxylic acids is 2. The smallest absolute Gasteiger partial charge is 0.302 e. The molecule has 0 N–H and O–H groups in total. The van der Waals surface area contributed by atoms with E-state index in [1.807, 2.05) is 7.05 Å². The average molecular weight is 390 g/mol. The molecule has 158 valence electrons. The minimum absolute atomic E-state index is 0.00408. The van der Waals surface area contributed by atoms with Crippen LogP contribution < -0.4 is 0 Å². The summed E-state index contributed by atoms with van der Waals surface area (Å²) >= 11 is 0. The van der Waals surface area contributed by atoms with Gasteiger partial charge in [0.15, 0.2) is 0 Å². The standard InChI is InChI=1S/C24H39NO3/c1-14-13-19-17-7-8-20-23(4,12-10-21(27)25(20)6)18(17)9-11-24(19,5)22(14)15(2)28-16(3)26/h14-15,17-20,22H,7-13H2,1-6H3/t14-,15?,17+,18-,19-,20+,22+,23+,24-/m0/s1. The molecule has 3 saturated carbocycles. The summed E-state index contributed by atoms with van der Waals surface area (Å²) in [6.45, 7) is 11.0. The topological polar surface area (TPSA) is 46.6 Å². The van der Waals surface area contributed by atoms with Crippen LogP contribution in [0.3, 0.4) is 0 Å². The molecule has 0 aromatic rings. The molecule has 4 aliphatic rings. The Labute approximate surface area is 170 Å². The maximum atomic E-state index is 12.3. The minimum Gasteiger partial charge on any atom is -0.463 e. The summed E-state index contributed by atoms with van der Waals surface area (Å²) in [5, 5.41) is 0. The molecule has 0 radical (unpaired) electrons. The fraction of sp³-hybridized carbons (Fsp3) is 0.917. The Kier molecular flexibility index (Phi) is 4.87. The van der Waals surface area contributed by atoms with Crippen LogP contribution >= 0.6 is 0 Å². The van der Waals surface area contributed by atoms with Crippen LogP contribution in [0.25, 0.3) is 0 Å². The minimum atomic E-state index is -0.150. The molecule has 4 heteroatoms. The Balaban J connectivity index is 1.61. The highest BCUT2D eigenvalue weighted by Crippen LogP contribution is 2.67. The zero-order valence-corrected chi connectivity index (χ0v) is 18.7. The number of carbonyl (C=O) groups is 2. The van der Waals surface area contributed by atoms with Gasteiger partial charge in [0.25, 0.3) is 0 Å². The lowest BCUT2D eigenvalue weighted by Crippen LogP contribution is -2.61.